The third-order valence-corrected chi connectivity index (χ3v) is 6.08. The van der Waals surface area contributed by atoms with E-state index in [2.05, 4.69) is 35.4 Å². The van der Waals surface area contributed by atoms with Crippen molar-refractivity contribution in [2.24, 2.45) is 0 Å². The van der Waals surface area contributed by atoms with Crippen LogP contribution in [0.15, 0.2) is 47.2 Å². The van der Waals surface area contributed by atoms with E-state index in [0.29, 0.717) is 12.2 Å². The minimum atomic E-state index is -0.276. The first-order valence-electron chi connectivity index (χ1n) is 9.43. The number of aromatic nitrogens is 2. The van der Waals surface area contributed by atoms with Gasteiger partial charge in [0.2, 0.25) is 5.76 Å². The number of nitrogens with zero attached hydrogens (tertiary/aromatic N) is 2. The molecule has 0 aliphatic carbocycles. The van der Waals surface area contributed by atoms with Gasteiger partial charge in [-0.3, -0.25) is 4.79 Å². The summed E-state index contributed by atoms with van der Waals surface area (Å²) in [4.78, 5) is 21.0. The van der Waals surface area contributed by atoms with Crippen LogP contribution >= 0.6 is 11.3 Å². The predicted molar refractivity (Wildman–Crippen MR) is 111 cm³/mol. The van der Waals surface area contributed by atoms with Gasteiger partial charge in [0.05, 0.1) is 28.0 Å². The maximum atomic E-state index is 12.3. The molecule has 146 valence electrons. The van der Waals surface area contributed by atoms with Crippen LogP contribution in [0.1, 0.15) is 27.4 Å². The van der Waals surface area contributed by atoms with Gasteiger partial charge in [-0.05, 0) is 43.2 Å². The largest absolute Gasteiger partial charge is 0.487 e. The molecule has 1 N–H and O–H groups in total. The highest BCUT2D eigenvalue weighted by molar-refractivity contribution is 7.21. The summed E-state index contributed by atoms with van der Waals surface area (Å²) >= 11 is 1.66. The third-order valence-electron chi connectivity index (χ3n) is 5.01. The molecule has 0 saturated heterocycles. The zero-order valence-corrected chi connectivity index (χ0v) is 16.9. The molecule has 6 nitrogen and oxygen atoms in total. The number of oxazole rings is 1. The van der Waals surface area contributed by atoms with Gasteiger partial charge >= 0.3 is 0 Å². The number of para-hydroxylation sites is 1. The highest BCUT2D eigenvalue weighted by Crippen LogP contribution is 2.42. The van der Waals surface area contributed by atoms with E-state index in [9.17, 15) is 4.79 Å². The van der Waals surface area contributed by atoms with Crippen LogP contribution in [0.3, 0.4) is 0 Å². The van der Waals surface area contributed by atoms with E-state index < -0.39 is 0 Å². The standard InChI is InChI=1S/C22H19N3O3S/c1-12-7-14-9-15(10-23-21(26)19-13(2)24-11-27-19)28-20(14)16(8-12)22-25-17-5-3-4-6-18(17)29-22/h3-8,11,15H,9-10H2,1-2H3,(H,23,26). The molecule has 4 aromatic rings. The van der Waals surface area contributed by atoms with Crippen molar-refractivity contribution in [2.75, 3.05) is 6.54 Å². The highest BCUT2D eigenvalue weighted by Gasteiger charge is 2.28. The van der Waals surface area contributed by atoms with Gasteiger partial charge in [0.1, 0.15) is 16.9 Å². The third kappa shape index (κ3) is 3.27. The number of thiazole rings is 1. The fourth-order valence-corrected chi connectivity index (χ4v) is 4.64. The molecule has 1 aliphatic rings. The minimum Gasteiger partial charge on any atom is -0.487 e. The van der Waals surface area contributed by atoms with Gasteiger partial charge in [-0.2, -0.15) is 0 Å². The molecule has 1 aliphatic heterocycles. The molecule has 1 amide bonds. The minimum absolute atomic E-state index is 0.132. The van der Waals surface area contributed by atoms with E-state index in [1.807, 2.05) is 18.2 Å². The van der Waals surface area contributed by atoms with Crippen molar-refractivity contribution in [3.63, 3.8) is 0 Å². The molecule has 2 aromatic carbocycles. The summed E-state index contributed by atoms with van der Waals surface area (Å²) in [5.74, 6) is 0.832. The summed E-state index contributed by atoms with van der Waals surface area (Å²) in [5.41, 5.74) is 4.90. The summed E-state index contributed by atoms with van der Waals surface area (Å²) in [6.45, 7) is 4.22. The molecular formula is C22H19N3O3S. The van der Waals surface area contributed by atoms with Gasteiger partial charge in [0.15, 0.2) is 6.39 Å². The van der Waals surface area contributed by atoms with Crippen molar-refractivity contribution in [1.82, 2.24) is 15.3 Å². The van der Waals surface area contributed by atoms with E-state index in [4.69, 9.17) is 14.1 Å². The average molecular weight is 405 g/mol. The van der Waals surface area contributed by atoms with Crippen LogP contribution in [0.5, 0.6) is 5.75 Å². The van der Waals surface area contributed by atoms with Crippen LogP contribution in [0, 0.1) is 13.8 Å². The molecule has 5 rings (SSSR count). The van der Waals surface area contributed by atoms with E-state index in [0.717, 1.165) is 38.5 Å². The molecule has 0 spiro atoms. The fourth-order valence-electron chi connectivity index (χ4n) is 3.66. The maximum absolute atomic E-state index is 12.3. The molecule has 1 unspecified atom stereocenters. The van der Waals surface area contributed by atoms with Crippen molar-refractivity contribution in [3.8, 4) is 16.3 Å². The number of rotatable bonds is 4. The van der Waals surface area contributed by atoms with Gasteiger partial charge in [0.25, 0.3) is 5.91 Å². The number of carbonyl (C=O) groups is 1. The van der Waals surface area contributed by atoms with Crippen molar-refractivity contribution in [1.29, 1.82) is 0 Å². The lowest BCUT2D eigenvalue weighted by Gasteiger charge is -2.12. The first-order valence-corrected chi connectivity index (χ1v) is 10.2. The molecule has 0 saturated carbocycles. The number of hydrogen-bond acceptors (Lipinski definition) is 6. The Morgan fingerprint density at radius 2 is 2.14 bits per heavy atom. The molecule has 2 aromatic heterocycles. The number of carbonyl (C=O) groups excluding carboxylic acids is 1. The molecule has 0 bridgehead atoms. The smallest absolute Gasteiger partial charge is 0.289 e. The molecule has 7 heteroatoms. The quantitative estimate of drug-likeness (QED) is 0.548. The lowest BCUT2D eigenvalue weighted by molar-refractivity contribution is 0.0905. The summed E-state index contributed by atoms with van der Waals surface area (Å²) in [5, 5.41) is 3.84. The summed E-state index contributed by atoms with van der Waals surface area (Å²) in [6, 6.07) is 12.4. The Balaban J connectivity index is 1.38. The Morgan fingerprint density at radius 3 is 2.93 bits per heavy atom. The Labute approximate surface area is 171 Å². The van der Waals surface area contributed by atoms with Crippen LogP contribution in [0.2, 0.25) is 0 Å². The van der Waals surface area contributed by atoms with Gasteiger partial charge in [0, 0.05) is 6.42 Å². The average Bonchev–Trinajstić information content (AvgIpc) is 3.42. The van der Waals surface area contributed by atoms with Gasteiger partial charge in [-0.1, -0.05) is 18.2 Å². The Morgan fingerprint density at radius 1 is 1.28 bits per heavy atom. The SMILES string of the molecule is Cc1cc2c(c(-c3nc4ccccc4s3)c1)OC(CNC(=O)c1ocnc1C)C2. The first kappa shape index (κ1) is 17.9. The van der Waals surface area contributed by atoms with Gasteiger partial charge < -0.3 is 14.5 Å². The molecule has 3 heterocycles. The van der Waals surface area contributed by atoms with Crippen molar-refractivity contribution in [2.45, 2.75) is 26.4 Å². The molecule has 1 atom stereocenters. The second-order valence-electron chi connectivity index (χ2n) is 7.21. The zero-order chi connectivity index (χ0) is 20.0. The molecule has 0 fully saturated rings. The molecule has 0 radical (unpaired) electrons. The van der Waals surface area contributed by atoms with Gasteiger partial charge in [-0.25, -0.2) is 9.97 Å². The van der Waals surface area contributed by atoms with E-state index in [1.54, 1.807) is 18.3 Å². The fraction of sp³-hybridized carbons (Fsp3) is 0.227. The number of hydrogen-bond donors (Lipinski definition) is 1. The Bertz CT molecular complexity index is 1190. The van der Waals surface area contributed by atoms with E-state index in [1.165, 1.54) is 12.0 Å². The summed E-state index contributed by atoms with van der Waals surface area (Å²) in [7, 11) is 0. The first-order chi connectivity index (χ1) is 14.1. The summed E-state index contributed by atoms with van der Waals surface area (Å²) < 4.78 is 12.6. The monoisotopic (exact) mass is 405 g/mol. The lowest BCUT2D eigenvalue weighted by Crippen LogP contribution is -2.34. The second kappa shape index (κ2) is 7.00. The van der Waals surface area contributed by atoms with Crippen LogP contribution in [0.25, 0.3) is 20.8 Å². The van der Waals surface area contributed by atoms with Gasteiger partial charge in [-0.15, -0.1) is 11.3 Å². The molecule has 29 heavy (non-hydrogen) atoms. The van der Waals surface area contributed by atoms with Crippen LogP contribution in [-0.2, 0) is 6.42 Å². The second-order valence-corrected chi connectivity index (χ2v) is 8.24. The summed E-state index contributed by atoms with van der Waals surface area (Å²) in [6.07, 6.45) is 1.89. The number of fused-ring (bicyclic) bond motifs is 2. The number of aryl methyl sites for hydroxylation is 2. The lowest BCUT2D eigenvalue weighted by atomic mass is 10.0. The van der Waals surface area contributed by atoms with E-state index >= 15 is 0 Å². The van der Waals surface area contributed by atoms with Crippen molar-refractivity contribution < 1.29 is 13.9 Å². The number of amides is 1. The van der Waals surface area contributed by atoms with Crippen LogP contribution in [0.4, 0.5) is 0 Å². The number of nitrogens with one attached hydrogen (secondary N) is 1. The maximum Gasteiger partial charge on any atom is 0.289 e. The number of benzene rings is 2. The predicted octanol–water partition coefficient (Wildman–Crippen LogP) is 4.30. The normalized spacial score (nSPS) is 15.3. The number of ether oxygens (including phenoxy) is 1. The Kier molecular flexibility index (Phi) is 4.32. The Hall–Kier alpha value is -3.19. The van der Waals surface area contributed by atoms with E-state index in [-0.39, 0.29) is 17.8 Å². The van der Waals surface area contributed by atoms with Crippen molar-refractivity contribution >= 4 is 27.5 Å². The highest BCUT2D eigenvalue weighted by atomic mass is 32.1. The van der Waals surface area contributed by atoms with Crippen LogP contribution in [-0.4, -0.2) is 28.5 Å². The van der Waals surface area contributed by atoms with Crippen LogP contribution < -0.4 is 10.1 Å². The topological polar surface area (TPSA) is 77.2 Å². The zero-order valence-electron chi connectivity index (χ0n) is 16.1. The molecular weight excluding hydrogens is 386 g/mol. The van der Waals surface area contributed by atoms with Crippen molar-refractivity contribution in [3.05, 3.63) is 65.4 Å².